The lowest BCUT2D eigenvalue weighted by molar-refractivity contribution is -0.130. The number of halogens is 1. The fraction of sp³-hybridized carbons (Fsp3) is 0.217. The first-order valence-corrected chi connectivity index (χ1v) is 10.0. The van der Waals surface area contributed by atoms with E-state index in [1.54, 1.807) is 48.8 Å². The molecule has 2 amide bonds. The molecule has 0 aliphatic carbocycles. The van der Waals surface area contributed by atoms with Gasteiger partial charge in [-0.2, -0.15) is 0 Å². The minimum absolute atomic E-state index is 0.0122. The van der Waals surface area contributed by atoms with Crippen LogP contribution in [-0.2, 0) is 11.2 Å². The first-order chi connectivity index (χ1) is 15.1. The summed E-state index contributed by atoms with van der Waals surface area (Å²) in [4.78, 5) is 37.3. The number of carbonyl (C=O) groups excluding carboxylic acids is 2. The molecule has 4 rings (SSSR count). The van der Waals surface area contributed by atoms with E-state index >= 15 is 0 Å². The normalized spacial score (nSPS) is 13.7. The van der Waals surface area contributed by atoms with Crippen LogP contribution in [0.1, 0.15) is 15.9 Å². The number of nitrogens with one attached hydrogen (secondary N) is 1. The second-order valence-electron chi connectivity index (χ2n) is 7.22. The number of piperazine rings is 1. The van der Waals surface area contributed by atoms with Crippen LogP contribution >= 0.6 is 0 Å². The average molecular weight is 419 g/mol. The van der Waals surface area contributed by atoms with Gasteiger partial charge in [-0.1, -0.05) is 24.3 Å². The van der Waals surface area contributed by atoms with Gasteiger partial charge >= 0.3 is 0 Å². The molecule has 1 saturated heterocycles. The summed E-state index contributed by atoms with van der Waals surface area (Å²) in [5.41, 5.74) is 1.38. The molecular formula is C23H22FN5O2. The lowest BCUT2D eigenvalue weighted by Crippen LogP contribution is -2.49. The summed E-state index contributed by atoms with van der Waals surface area (Å²) in [6.07, 6.45) is 3.70. The Bertz CT molecular complexity index is 1050. The first-order valence-electron chi connectivity index (χ1n) is 10.0. The van der Waals surface area contributed by atoms with Crippen molar-refractivity contribution in [2.75, 3.05) is 36.4 Å². The smallest absolute Gasteiger partial charge is 0.258 e. The molecule has 1 N–H and O–H groups in total. The van der Waals surface area contributed by atoms with Crippen molar-refractivity contribution in [3.63, 3.8) is 0 Å². The van der Waals surface area contributed by atoms with Gasteiger partial charge < -0.3 is 15.1 Å². The predicted octanol–water partition coefficient (Wildman–Crippen LogP) is 2.76. The molecule has 0 bridgehead atoms. The SMILES string of the molecule is O=C(Nc1ccc(CC(=O)N2CCN(c3ncccn3)CC2)cc1)c1ccccc1F. The number of nitrogens with zero attached hydrogens (tertiary/aromatic N) is 4. The van der Waals surface area contributed by atoms with Gasteiger partial charge in [-0.05, 0) is 35.9 Å². The molecule has 158 valence electrons. The van der Waals surface area contributed by atoms with E-state index in [4.69, 9.17) is 0 Å². The number of hydrogen-bond donors (Lipinski definition) is 1. The van der Waals surface area contributed by atoms with Crippen LogP contribution in [0, 0.1) is 5.82 Å². The Hall–Kier alpha value is -3.81. The molecular weight excluding hydrogens is 397 g/mol. The molecule has 1 fully saturated rings. The minimum Gasteiger partial charge on any atom is -0.339 e. The Morgan fingerprint density at radius 2 is 1.58 bits per heavy atom. The highest BCUT2D eigenvalue weighted by molar-refractivity contribution is 6.04. The van der Waals surface area contributed by atoms with Crippen molar-refractivity contribution >= 4 is 23.5 Å². The third-order valence-corrected chi connectivity index (χ3v) is 5.15. The van der Waals surface area contributed by atoms with E-state index in [1.807, 2.05) is 4.90 Å². The van der Waals surface area contributed by atoms with Gasteiger partial charge in [0.25, 0.3) is 5.91 Å². The number of benzene rings is 2. The summed E-state index contributed by atoms with van der Waals surface area (Å²) in [7, 11) is 0. The zero-order chi connectivity index (χ0) is 21.6. The summed E-state index contributed by atoms with van der Waals surface area (Å²) < 4.78 is 13.7. The molecule has 8 heteroatoms. The Morgan fingerprint density at radius 3 is 2.26 bits per heavy atom. The molecule has 1 aliphatic rings. The molecule has 2 aromatic carbocycles. The lowest BCUT2D eigenvalue weighted by Gasteiger charge is -2.34. The van der Waals surface area contributed by atoms with Gasteiger partial charge in [-0.15, -0.1) is 0 Å². The quantitative estimate of drug-likeness (QED) is 0.688. The maximum Gasteiger partial charge on any atom is 0.258 e. The minimum atomic E-state index is -0.568. The number of anilines is 2. The van der Waals surface area contributed by atoms with E-state index < -0.39 is 11.7 Å². The maximum atomic E-state index is 13.7. The van der Waals surface area contributed by atoms with Crippen LogP contribution in [0.4, 0.5) is 16.0 Å². The molecule has 1 aromatic heterocycles. The highest BCUT2D eigenvalue weighted by atomic mass is 19.1. The Labute approximate surface area is 179 Å². The lowest BCUT2D eigenvalue weighted by atomic mass is 10.1. The van der Waals surface area contributed by atoms with E-state index in [1.165, 1.54) is 18.2 Å². The molecule has 3 aromatic rings. The summed E-state index contributed by atoms with van der Waals surface area (Å²) in [5.74, 6) is -0.345. The van der Waals surface area contributed by atoms with Crippen molar-refractivity contribution in [3.8, 4) is 0 Å². The third-order valence-electron chi connectivity index (χ3n) is 5.15. The highest BCUT2D eigenvalue weighted by Crippen LogP contribution is 2.15. The van der Waals surface area contributed by atoms with E-state index in [-0.39, 0.29) is 17.9 Å². The van der Waals surface area contributed by atoms with Crippen molar-refractivity contribution in [1.82, 2.24) is 14.9 Å². The zero-order valence-corrected chi connectivity index (χ0v) is 16.9. The molecule has 7 nitrogen and oxygen atoms in total. The van der Waals surface area contributed by atoms with Crippen LogP contribution in [0.3, 0.4) is 0 Å². The summed E-state index contributed by atoms with van der Waals surface area (Å²) in [5, 5.41) is 2.67. The van der Waals surface area contributed by atoms with Gasteiger partial charge in [0.15, 0.2) is 0 Å². The molecule has 0 spiro atoms. The number of hydrogen-bond acceptors (Lipinski definition) is 5. The Kier molecular flexibility index (Phi) is 6.16. The number of carbonyl (C=O) groups is 2. The molecule has 0 atom stereocenters. The van der Waals surface area contributed by atoms with Crippen molar-refractivity contribution in [3.05, 3.63) is 83.9 Å². The summed E-state index contributed by atoms with van der Waals surface area (Å²) in [6, 6.07) is 14.6. The van der Waals surface area contributed by atoms with Gasteiger partial charge in [-0.25, -0.2) is 14.4 Å². The van der Waals surface area contributed by atoms with E-state index in [0.29, 0.717) is 37.8 Å². The number of aromatic nitrogens is 2. The van der Waals surface area contributed by atoms with Crippen LogP contribution in [0.2, 0.25) is 0 Å². The first kappa shape index (κ1) is 20.5. The third kappa shape index (κ3) is 5.03. The van der Waals surface area contributed by atoms with E-state index in [0.717, 1.165) is 5.56 Å². The summed E-state index contributed by atoms with van der Waals surface area (Å²) >= 11 is 0. The summed E-state index contributed by atoms with van der Waals surface area (Å²) in [6.45, 7) is 2.62. The van der Waals surface area contributed by atoms with Crippen molar-refractivity contribution in [2.45, 2.75) is 6.42 Å². The molecule has 31 heavy (non-hydrogen) atoms. The standard InChI is InChI=1S/C23H22FN5O2/c24-20-5-2-1-4-19(20)22(31)27-18-8-6-17(7-9-18)16-21(30)28-12-14-29(15-13-28)23-25-10-3-11-26-23/h1-11H,12-16H2,(H,27,31). The largest absolute Gasteiger partial charge is 0.339 e. The topological polar surface area (TPSA) is 78.4 Å². The van der Waals surface area contributed by atoms with Crippen molar-refractivity contribution in [2.24, 2.45) is 0 Å². The van der Waals surface area contributed by atoms with Crippen LogP contribution in [0.15, 0.2) is 67.0 Å². The Morgan fingerprint density at radius 1 is 0.903 bits per heavy atom. The van der Waals surface area contributed by atoms with E-state index in [9.17, 15) is 14.0 Å². The van der Waals surface area contributed by atoms with Gasteiger partial charge in [0, 0.05) is 44.3 Å². The van der Waals surface area contributed by atoms with Crippen molar-refractivity contribution in [1.29, 1.82) is 0 Å². The van der Waals surface area contributed by atoms with Gasteiger partial charge in [0.05, 0.1) is 12.0 Å². The number of amides is 2. The zero-order valence-electron chi connectivity index (χ0n) is 16.9. The molecule has 1 aliphatic heterocycles. The fourth-order valence-corrected chi connectivity index (χ4v) is 3.45. The predicted molar refractivity (Wildman–Crippen MR) is 115 cm³/mol. The monoisotopic (exact) mass is 419 g/mol. The molecule has 0 radical (unpaired) electrons. The maximum absolute atomic E-state index is 13.7. The van der Waals surface area contributed by atoms with Crippen LogP contribution in [0.25, 0.3) is 0 Å². The van der Waals surface area contributed by atoms with Crippen LogP contribution in [-0.4, -0.2) is 52.9 Å². The fourth-order valence-electron chi connectivity index (χ4n) is 3.45. The van der Waals surface area contributed by atoms with Gasteiger partial charge in [-0.3, -0.25) is 9.59 Å². The average Bonchev–Trinajstić information content (AvgIpc) is 2.81. The van der Waals surface area contributed by atoms with Gasteiger partial charge in [0.1, 0.15) is 5.82 Å². The highest BCUT2D eigenvalue weighted by Gasteiger charge is 2.22. The number of rotatable bonds is 5. The molecule has 0 saturated carbocycles. The molecule has 0 unspecified atom stereocenters. The van der Waals surface area contributed by atoms with Gasteiger partial charge in [0.2, 0.25) is 11.9 Å². The van der Waals surface area contributed by atoms with Crippen LogP contribution < -0.4 is 10.2 Å². The second-order valence-corrected chi connectivity index (χ2v) is 7.22. The second kappa shape index (κ2) is 9.34. The van der Waals surface area contributed by atoms with Crippen molar-refractivity contribution < 1.29 is 14.0 Å². The Balaban J connectivity index is 1.29. The van der Waals surface area contributed by atoms with Crippen LogP contribution in [0.5, 0.6) is 0 Å². The molecule has 2 heterocycles. The van der Waals surface area contributed by atoms with E-state index in [2.05, 4.69) is 20.2 Å².